The molecule has 27 heavy (non-hydrogen) atoms. The second-order valence-electron chi connectivity index (χ2n) is 6.48. The zero-order valence-corrected chi connectivity index (χ0v) is 16.0. The monoisotopic (exact) mass is 369 g/mol. The molecule has 3 rings (SSSR count). The molecule has 1 aliphatic rings. The van der Waals surface area contributed by atoms with Gasteiger partial charge in [-0.2, -0.15) is 0 Å². The van der Waals surface area contributed by atoms with Crippen LogP contribution < -0.4 is 15.8 Å². The fraction of sp³-hybridized carbons (Fsp3) is 0.474. The molecule has 0 bridgehead atoms. The number of guanidine groups is 1. The molecular formula is C19H27N7O. The maximum atomic E-state index is 12.3. The highest BCUT2D eigenvalue weighted by molar-refractivity contribution is 5.80. The van der Waals surface area contributed by atoms with Crippen LogP contribution in [0.4, 0.5) is 5.82 Å². The van der Waals surface area contributed by atoms with Crippen molar-refractivity contribution >= 4 is 11.8 Å². The first-order valence-electron chi connectivity index (χ1n) is 9.37. The zero-order chi connectivity index (χ0) is 19.1. The van der Waals surface area contributed by atoms with Crippen LogP contribution in [-0.2, 0) is 13.5 Å². The lowest BCUT2D eigenvalue weighted by molar-refractivity contribution is 0.371. The number of aromatic nitrogens is 3. The molecule has 1 fully saturated rings. The van der Waals surface area contributed by atoms with E-state index in [1.165, 1.54) is 5.56 Å². The van der Waals surface area contributed by atoms with Crippen LogP contribution in [0.3, 0.4) is 0 Å². The molecular weight excluding hydrogens is 342 g/mol. The summed E-state index contributed by atoms with van der Waals surface area (Å²) < 4.78 is 1.57. The predicted molar refractivity (Wildman–Crippen MR) is 107 cm³/mol. The topological polar surface area (TPSA) is 78.7 Å². The summed E-state index contributed by atoms with van der Waals surface area (Å²) in [6.07, 6.45) is 7.87. The van der Waals surface area contributed by atoms with Gasteiger partial charge in [0.2, 0.25) is 0 Å². The largest absolute Gasteiger partial charge is 0.357 e. The Labute approximate surface area is 159 Å². The van der Waals surface area contributed by atoms with E-state index in [1.807, 2.05) is 24.5 Å². The maximum Gasteiger partial charge on any atom is 0.293 e. The highest BCUT2D eigenvalue weighted by Crippen LogP contribution is 2.09. The molecule has 1 aliphatic heterocycles. The van der Waals surface area contributed by atoms with E-state index in [0.29, 0.717) is 5.82 Å². The van der Waals surface area contributed by atoms with Gasteiger partial charge < -0.3 is 19.7 Å². The third-order valence-corrected chi connectivity index (χ3v) is 4.62. The smallest absolute Gasteiger partial charge is 0.293 e. The third-order valence-electron chi connectivity index (χ3n) is 4.62. The molecule has 8 nitrogen and oxygen atoms in total. The standard InChI is InChI=1S/C19H27N7O/c1-3-21-19(23-9-6-16-4-7-20-8-5-16)26-14-12-25(13-15-26)17-18(27)24(2)11-10-22-17/h4-5,7-8,10-11H,3,6,9,12-15H2,1-2H3,(H,21,23). The molecule has 3 heterocycles. The van der Waals surface area contributed by atoms with Crippen LogP contribution in [-0.4, -0.2) is 64.7 Å². The number of aryl methyl sites for hydroxylation is 1. The van der Waals surface area contributed by atoms with Gasteiger partial charge in [0, 0.05) is 71.1 Å². The van der Waals surface area contributed by atoms with Crippen LogP contribution in [0.5, 0.6) is 0 Å². The number of hydrogen-bond donors (Lipinski definition) is 1. The Bertz CT molecular complexity index is 810. The average Bonchev–Trinajstić information content (AvgIpc) is 2.70. The molecule has 1 saturated heterocycles. The lowest BCUT2D eigenvalue weighted by Gasteiger charge is -2.36. The first-order valence-corrected chi connectivity index (χ1v) is 9.37. The van der Waals surface area contributed by atoms with Crippen molar-refractivity contribution in [2.24, 2.45) is 12.0 Å². The predicted octanol–water partition coefficient (Wildman–Crippen LogP) is 0.506. The summed E-state index contributed by atoms with van der Waals surface area (Å²) in [5.41, 5.74) is 1.18. The van der Waals surface area contributed by atoms with Crippen molar-refractivity contribution in [1.29, 1.82) is 0 Å². The van der Waals surface area contributed by atoms with E-state index in [2.05, 4.69) is 32.0 Å². The van der Waals surface area contributed by atoms with Gasteiger partial charge in [-0.3, -0.25) is 14.8 Å². The van der Waals surface area contributed by atoms with Crippen LogP contribution in [0.15, 0.2) is 46.7 Å². The summed E-state index contributed by atoms with van der Waals surface area (Å²) in [7, 11) is 1.75. The number of aliphatic imine (C=N–C) groups is 1. The molecule has 0 amide bonds. The van der Waals surface area contributed by atoms with Crippen molar-refractivity contribution in [2.75, 3.05) is 44.2 Å². The van der Waals surface area contributed by atoms with Gasteiger partial charge in [-0.05, 0) is 31.0 Å². The fourth-order valence-electron chi connectivity index (χ4n) is 3.10. The van der Waals surface area contributed by atoms with E-state index in [4.69, 9.17) is 4.99 Å². The van der Waals surface area contributed by atoms with Gasteiger partial charge >= 0.3 is 0 Å². The Balaban J connectivity index is 1.60. The van der Waals surface area contributed by atoms with Crippen molar-refractivity contribution in [3.8, 4) is 0 Å². The molecule has 0 aliphatic carbocycles. The minimum atomic E-state index is -0.0520. The zero-order valence-electron chi connectivity index (χ0n) is 16.0. The molecule has 0 saturated carbocycles. The van der Waals surface area contributed by atoms with E-state index >= 15 is 0 Å². The quantitative estimate of drug-likeness (QED) is 0.611. The first-order chi connectivity index (χ1) is 13.2. The minimum absolute atomic E-state index is 0.0520. The van der Waals surface area contributed by atoms with Crippen molar-refractivity contribution in [2.45, 2.75) is 13.3 Å². The molecule has 8 heteroatoms. The highest BCUT2D eigenvalue weighted by Gasteiger charge is 2.22. The second kappa shape index (κ2) is 9.16. The van der Waals surface area contributed by atoms with Crippen molar-refractivity contribution in [3.05, 3.63) is 52.8 Å². The minimum Gasteiger partial charge on any atom is -0.357 e. The molecule has 2 aromatic rings. The highest BCUT2D eigenvalue weighted by atomic mass is 16.1. The van der Waals surface area contributed by atoms with Crippen molar-refractivity contribution in [3.63, 3.8) is 0 Å². The van der Waals surface area contributed by atoms with E-state index in [1.54, 1.807) is 24.0 Å². The van der Waals surface area contributed by atoms with Crippen LogP contribution in [0.2, 0.25) is 0 Å². The van der Waals surface area contributed by atoms with Gasteiger partial charge in [-0.1, -0.05) is 0 Å². The average molecular weight is 369 g/mol. The van der Waals surface area contributed by atoms with Crippen molar-refractivity contribution in [1.82, 2.24) is 24.8 Å². The number of pyridine rings is 1. The van der Waals surface area contributed by atoms with Crippen LogP contribution in [0.25, 0.3) is 0 Å². The van der Waals surface area contributed by atoms with E-state index in [0.717, 1.165) is 51.6 Å². The number of piperazine rings is 1. The lowest BCUT2D eigenvalue weighted by Crippen LogP contribution is -2.53. The maximum absolute atomic E-state index is 12.3. The summed E-state index contributed by atoms with van der Waals surface area (Å²) in [6.45, 7) is 6.75. The van der Waals surface area contributed by atoms with E-state index in [9.17, 15) is 4.79 Å². The lowest BCUT2D eigenvalue weighted by atomic mass is 10.2. The molecule has 0 aromatic carbocycles. The summed E-state index contributed by atoms with van der Waals surface area (Å²) in [5, 5.41) is 3.38. The second-order valence-corrected chi connectivity index (χ2v) is 6.48. The van der Waals surface area contributed by atoms with Crippen LogP contribution in [0, 0.1) is 0 Å². The molecule has 0 atom stereocenters. The van der Waals surface area contributed by atoms with Gasteiger partial charge in [0.1, 0.15) is 0 Å². The van der Waals surface area contributed by atoms with Gasteiger partial charge in [-0.15, -0.1) is 0 Å². The first kappa shape index (κ1) is 18.9. The molecule has 0 radical (unpaired) electrons. The van der Waals surface area contributed by atoms with Crippen molar-refractivity contribution < 1.29 is 0 Å². The van der Waals surface area contributed by atoms with Gasteiger partial charge in [0.05, 0.1) is 0 Å². The molecule has 0 unspecified atom stereocenters. The third kappa shape index (κ3) is 4.84. The SMILES string of the molecule is CCNC(=NCCc1ccncc1)N1CCN(c2nccn(C)c2=O)CC1. The number of hydrogen-bond acceptors (Lipinski definition) is 5. The van der Waals surface area contributed by atoms with E-state index < -0.39 is 0 Å². The Hall–Kier alpha value is -2.90. The van der Waals surface area contributed by atoms with E-state index in [-0.39, 0.29) is 5.56 Å². The fourth-order valence-corrected chi connectivity index (χ4v) is 3.10. The Kier molecular flexibility index (Phi) is 6.40. The summed E-state index contributed by atoms with van der Waals surface area (Å²) in [6, 6.07) is 4.04. The van der Waals surface area contributed by atoms with Crippen LogP contribution >= 0.6 is 0 Å². The molecule has 1 N–H and O–H groups in total. The number of anilines is 1. The molecule has 144 valence electrons. The Morgan fingerprint density at radius 1 is 1.19 bits per heavy atom. The summed E-state index contributed by atoms with van der Waals surface area (Å²) in [5.74, 6) is 1.46. The van der Waals surface area contributed by atoms with Gasteiger partial charge in [-0.25, -0.2) is 4.98 Å². The number of rotatable bonds is 5. The molecule has 0 spiro atoms. The van der Waals surface area contributed by atoms with Crippen LogP contribution in [0.1, 0.15) is 12.5 Å². The number of nitrogens with zero attached hydrogens (tertiary/aromatic N) is 6. The summed E-state index contributed by atoms with van der Waals surface area (Å²) in [4.78, 5) is 29.7. The van der Waals surface area contributed by atoms with Gasteiger partial charge in [0.25, 0.3) is 5.56 Å². The number of nitrogens with one attached hydrogen (secondary N) is 1. The Morgan fingerprint density at radius 3 is 2.63 bits per heavy atom. The molecule has 2 aromatic heterocycles. The van der Waals surface area contributed by atoms with Gasteiger partial charge in [0.15, 0.2) is 11.8 Å². The normalized spacial score (nSPS) is 15.1. The summed E-state index contributed by atoms with van der Waals surface area (Å²) >= 11 is 0. The Morgan fingerprint density at radius 2 is 1.93 bits per heavy atom.